The average Bonchev–Trinajstić information content (AvgIpc) is 3.38. The van der Waals surface area contributed by atoms with Gasteiger partial charge in [-0.15, -0.1) is 0 Å². The van der Waals surface area contributed by atoms with E-state index in [0.717, 1.165) is 54.9 Å². The van der Waals surface area contributed by atoms with Gasteiger partial charge in [0.05, 0.1) is 6.61 Å². The van der Waals surface area contributed by atoms with Crippen molar-refractivity contribution < 1.29 is 24.2 Å². The number of hydrogen-bond donors (Lipinski definition) is 1. The zero-order valence-corrected chi connectivity index (χ0v) is 22.6. The van der Waals surface area contributed by atoms with Crippen molar-refractivity contribution in [3.05, 3.63) is 66.2 Å². The van der Waals surface area contributed by atoms with Gasteiger partial charge >= 0.3 is 5.97 Å². The van der Waals surface area contributed by atoms with E-state index in [1.807, 2.05) is 41.3 Å². The first-order chi connectivity index (χ1) is 19.0. The summed E-state index contributed by atoms with van der Waals surface area (Å²) >= 11 is 0. The van der Waals surface area contributed by atoms with Crippen LogP contribution in [0.15, 0.2) is 60.7 Å². The molecule has 206 valence electrons. The number of rotatable bonds is 10. The van der Waals surface area contributed by atoms with Crippen molar-refractivity contribution in [2.45, 2.75) is 32.2 Å². The van der Waals surface area contributed by atoms with Gasteiger partial charge in [0.25, 0.3) is 5.91 Å². The first-order valence-corrected chi connectivity index (χ1v) is 13.9. The van der Waals surface area contributed by atoms with Crippen molar-refractivity contribution in [3.63, 3.8) is 0 Å². The first kappa shape index (κ1) is 26.8. The molecule has 0 spiro atoms. The maximum Gasteiger partial charge on any atom is 0.341 e. The maximum atomic E-state index is 13.5. The lowest BCUT2D eigenvalue weighted by atomic mass is 10.0. The quantitative estimate of drug-likeness (QED) is 0.385. The van der Waals surface area contributed by atoms with Crippen LogP contribution < -0.4 is 14.4 Å². The van der Waals surface area contributed by atoms with E-state index in [2.05, 4.69) is 28.9 Å². The lowest BCUT2D eigenvalue weighted by Gasteiger charge is -2.36. The second kappa shape index (κ2) is 12.4. The predicted octanol–water partition coefficient (Wildman–Crippen LogP) is 4.52. The summed E-state index contributed by atoms with van der Waals surface area (Å²) in [7, 11) is 0. The lowest BCUT2D eigenvalue weighted by Crippen LogP contribution is -2.48. The third-order valence-corrected chi connectivity index (χ3v) is 7.78. The van der Waals surface area contributed by atoms with E-state index in [9.17, 15) is 9.59 Å². The number of carboxylic acids is 1. The van der Waals surface area contributed by atoms with Gasteiger partial charge in [0.15, 0.2) is 6.61 Å². The zero-order chi connectivity index (χ0) is 27.2. The highest BCUT2D eigenvalue weighted by Crippen LogP contribution is 2.30. The number of carbonyl (C=O) groups is 2. The van der Waals surface area contributed by atoms with Crippen molar-refractivity contribution in [3.8, 4) is 11.5 Å². The fourth-order valence-corrected chi connectivity index (χ4v) is 5.60. The molecule has 8 heteroatoms. The maximum absolute atomic E-state index is 13.5. The Morgan fingerprint density at radius 3 is 2.33 bits per heavy atom. The highest BCUT2D eigenvalue weighted by Gasteiger charge is 2.24. The molecule has 2 fully saturated rings. The lowest BCUT2D eigenvalue weighted by molar-refractivity contribution is -0.139. The molecule has 2 aliphatic rings. The summed E-state index contributed by atoms with van der Waals surface area (Å²) in [5, 5.41) is 10.5. The van der Waals surface area contributed by atoms with Gasteiger partial charge in [-0.05, 0) is 74.5 Å². The van der Waals surface area contributed by atoms with E-state index in [1.165, 1.54) is 19.4 Å². The number of carbonyl (C=O) groups excluding carboxylic acids is 1. The topological polar surface area (TPSA) is 82.5 Å². The van der Waals surface area contributed by atoms with Crippen LogP contribution in [0.25, 0.3) is 10.8 Å². The third kappa shape index (κ3) is 6.45. The Morgan fingerprint density at radius 1 is 0.897 bits per heavy atom. The van der Waals surface area contributed by atoms with Gasteiger partial charge in [-0.25, -0.2) is 4.79 Å². The van der Waals surface area contributed by atoms with Crippen LogP contribution in [-0.2, 0) is 4.79 Å². The normalized spacial score (nSPS) is 17.9. The number of aliphatic carboxylic acids is 1. The molecule has 0 saturated carbocycles. The molecule has 3 aromatic carbocycles. The predicted molar refractivity (Wildman–Crippen MR) is 152 cm³/mol. The Kier molecular flexibility index (Phi) is 8.51. The number of amides is 1. The van der Waals surface area contributed by atoms with Gasteiger partial charge in [-0.2, -0.15) is 0 Å². The van der Waals surface area contributed by atoms with Crippen molar-refractivity contribution in [2.75, 3.05) is 57.4 Å². The van der Waals surface area contributed by atoms with E-state index in [1.54, 1.807) is 12.1 Å². The Balaban J connectivity index is 1.14. The Bertz CT molecular complexity index is 1290. The first-order valence-electron chi connectivity index (χ1n) is 13.9. The SMILES string of the molecule is CC1CCCN1CCCOc1ccc(N2CCN(C(=O)c3ccc(OCC(=O)O)c4ccccc34)CC2)cc1. The summed E-state index contributed by atoms with van der Waals surface area (Å²) in [5.74, 6) is 0.289. The minimum Gasteiger partial charge on any atom is -0.494 e. The molecular formula is C31H37N3O5. The number of hydrogen-bond acceptors (Lipinski definition) is 6. The smallest absolute Gasteiger partial charge is 0.341 e. The molecule has 8 nitrogen and oxygen atoms in total. The van der Waals surface area contributed by atoms with Crippen molar-refractivity contribution in [1.82, 2.24) is 9.80 Å². The molecule has 0 aromatic heterocycles. The molecule has 0 aliphatic carbocycles. The van der Waals surface area contributed by atoms with E-state index in [4.69, 9.17) is 14.6 Å². The van der Waals surface area contributed by atoms with Crippen LogP contribution in [-0.4, -0.2) is 85.3 Å². The van der Waals surface area contributed by atoms with Crippen LogP contribution in [0, 0.1) is 0 Å². The summed E-state index contributed by atoms with van der Waals surface area (Å²) in [6.07, 6.45) is 3.65. The largest absolute Gasteiger partial charge is 0.494 e. The number of nitrogens with zero attached hydrogens (tertiary/aromatic N) is 3. The highest BCUT2D eigenvalue weighted by atomic mass is 16.5. The molecule has 2 aliphatic heterocycles. The minimum atomic E-state index is -1.04. The molecule has 1 amide bonds. The van der Waals surface area contributed by atoms with Gasteiger partial charge in [0.2, 0.25) is 0 Å². The van der Waals surface area contributed by atoms with E-state index >= 15 is 0 Å². The fourth-order valence-electron chi connectivity index (χ4n) is 5.60. The molecular weight excluding hydrogens is 494 g/mol. The van der Waals surface area contributed by atoms with E-state index < -0.39 is 12.6 Å². The van der Waals surface area contributed by atoms with Crippen LogP contribution in [0.2, 0.25) is 0 Å². The molecule has 1 N–H and O–H groups in total. The number of carboxylic acid groups (broad SMARTS) is 1. The van der Waals surface area contributed by atoms with Crippen LogP contribution in [0.1, 0.15) is 36.5 Å². The van der Waals surface area contributed by atoms with Gasteiger partial charge in [0.1, 0.15) is 11.5 Å². The molecule has 1 atom stereocenters. The monoisotopic (exact) mass is 531 g/mol. The summed E-state index contributed by atoms with van der Waals surface area (Å²) in [4.78, 5) is 31.1. The van der Waals surface area contributed by atoms with Gasteiger partial charge in [-0.1, -0.05) is 24.3 Å². The number of ether oxygens (including phenoxy) is 2. The van der Waals surface area contributed by atoms with Crippen molar-refractivity contribution in [1.29, 1.82) is 0 Å². The minimum absolute atomic E-state index is 0.0253. The Morgan fingerprint density at radius 2 is 1.64 bits per heavy atom. The molecule has 2 heterocycles. The molecule has 0 radical (unpaired) electrons. The van der Waals surface area contributed by atoms with Crippen LogP contribution >= 0.6 is 0 Å². The number of likely N-dealkylation sites (tertiary alicyclic amines) is 1. The third-order valence-electron chi connectivity index (χ3n) is 7.78. The number of anilines is 1. The van der Waals surface area contributed by atoms with Crippen LogP contribution in [0.3, 0.4) is 0 Å². The summed E-state index contributed by atoms with van der Waals surface area (Å²) in [6.45, 7) is 7.66. The molecule has 39 heavy (non-hydrogen) atoms. The Hall–Kier alpha value is -3.78. The van der Waals surface area contributed by atoms with Crippen molar-refractivity contribution >= 4 is 28.3 Å². The summed E-state index contributed by atoms with van der Waals surface area (Å²) in [5.41, 5.74) is 1.73. The second-order valence-electron chi connectivity index (χ2n) is 10.3. The van der Waals surface area contributed by atoms with E-state index in [0.29, 0.717) is 30.4 Å². The van der Waals surface area contributed by atoms with Crippen LogP contribution in [0.4, 0.5) is 5.69 Å². The number of benzene rings is 3. The average molecular weight is 532 g/mol. The number of piperazine rings is 1. The number of fused-ring (bicyclic) bond motifs is 1. The molecule has 2 saturated heterocycles. The summed E-state index contributed by atoms with van der Waals surface area (Å²) in [6, 6.07) is 19.8. The van der Waals surface area contributed by atoms with Crippen molar-refractivity contribution in [2.24, 2.45) is 0 Å². The van der Waals surface area contributed by atoms with Gasteiger partial charge in [-0.3, -0.25) is 4.79 Å². The standard InChI is InChI=1S/C31H37N3O5/c1-23-6-4-15-32(23)16-5-21-38-25-11-9-24(10-12-25)33-17-19-34(20-18-33)31(37)28-13-14-29(39-22-30(35)36)27-8-3-2-7-26(27)28/h2-3,7-14,23H,4-6,15-22H2,1H3,(H,35,36). The Labute approximate surface area is 229 Å². The zero-order valence-electron chi connectivity index (χ0n) is 22.6. The highest BCUT2D eigenvalue weighted by molar-refractivity contribution is 6.08. The summed E-state index contributed by atoms with van der Waals surface area (Å²) < 4.78 is 11.4. The van der Waals surface area contributed by atoms with E-state index in [-0.39, 0.29) is 5.91 Å². The van der Waals surface area contributed by atoms with Gasteiger partial charge < -0.3 is 29.3 Å². The molecule has 3 aromatic rings. The fraction of sp³-hybridized carbons (Fsp3) is 0.419. The molecule has 0 bridgehead atoms. The molecule has 5 rings (SSSR count). The van der Waals surface area contributed by atoms with Gasteiger partial charge in [0, 0.05) is 55.4 Å². The van der Waals surface area contributed by atoms with Crippen LogP contribution in [0.5, 0.6) is 11.5 Å². The molecule has 1 unspecified atom stereocenters. The second-order valence-corrected chi connectivity index (χ2v) is 10.3.